The van der Waals surface area contributed by atoms with Crippen LogP contribution in [0, 0.1) is 5.92 Å². The van der Waals surface area contributed by atoms with Crippen LogP contribution in [0.5, 0.6) is 0 Å². The van der Waals surface area contributed by atoms with Gasteiger partial charge in [0.1, 0.15) is 6.61 Å². The molecule has 0 saturated heterocycles. The minimum absolute atomic E-state index is 0.0280. The Morgan fingerprint density at radius 1 is 1.03 bits per heavy atom. The summed E-state index contributed by atoms with van der Waals surface area (Å²) in [6.07, 6.45) is 0.493. The van der Waals surface area contributed by atoms with Gasteiger partial charge >= 0.3 is 12.0 Å². The van der Waals surface area contributed by atoms with E-state index in [4.69, 9.17) is 10.5 Å². The van der Waals surface area contributed by atoms with Gasteiger partial charge in [0, 0.05) is 12.6 Å². The fourth-order valence-corrected chi connectivity index (χ4v) is 2.91. The Hall–Kier alpha value is -2.94. The van der Waals surface area contributed by atoms with E-state index in [1.807, 2.05) is 33.8 Å². The Morgan fingerprint density at radius 3 is 2.23 bits per heavy atom. The molecule has 0 aliphatic rings. The number of hydrogen-bond donors (Lipinski definition) is 4. The van der Waals surface area contributed by atoms with Crippen molar-refractivity contribution in [2.24, 2.45) is 11.7 Å². The maximum atomic E-state index is 12.8. The van der Waals surface area contributed by atoms with Crippen molar-refractivity contribution in [2.45, 2.75) is 65.3 Å². The van der Waals surface area contributed by atoms with Gasteiger partial charge in [-0.3, -0.25) is 9.59 Å². The molecule has 0 aliphatic carbocycles. The van der Waals surface area contributed by atoms with Crippen molar-refractivity contribution in [3.05, 3.63) is 35.9 Å². The van der Waals surface area contributed by atoms with Crippen molar-refractivity contribution in [2.75, 3.05) is 6.54 Å². The molecule has 0 bridgehead atoms. The molecule has 1 aromatic carbocycles. The quantitative estimate of drug-likeness (QED) is 0.209. The molecule has 3 amide bonds. The van der Waals surface area contributed by atoms with E-state index in [2.05, 4.69) is 16.0 Å². The van der Waals surface area contributed by atoms with Crippen LogP contribution in [-0.4, -0.2) is 48.4 Å². The lowest BCUT2D eigenvalue weighted by molar-refractivity contribution is -0.156. The maximum absolute atomic E-state index is 12.8. The summed E-state index contributed by atoms with van der Waals surface area (Å²) in [4.78, 5) is 48.7. The summed E-state index contributed by atoms with van der Waals surface area (Å²) >= 11 is 0. The van der Waals surface area contributed by atoms with Gasteiger partial charge in [-0.2, -0.15) is 0 Å². The van der Waals surface area contributed by atoms with Crippen LogP contribution in [0.25, 0.3) is 0 Å². The molecule has 1 rings (SSSR count). The van der Waals surface area contributed by atoms with Gasteiger partial charge in [0.15, 0.2) is 0 Å². The number of primary amides is 1. The summed E-state index contributed by atoms with van der Waals surface area (Å²) in [5, 5.41) is 8.27. The molecule has 0 fully saturated rings. The highest BCUT2D eigenvalue weighted by molar-refractivity contribution is 6.36. The zero-order valence-electron chi connectivity index (χ0n) is 18.6. The van der Waals surface area contributed by atoms with Crippen LogP contribution >= 0.6 is 0 Å². The number of urea groups is 1. The Labute approximate surface area is 183 Å². The third-order valence-corrected chi connectivity index (χ3v) is 4.48. The predicted octanol–water partition coefficient (Wildman–Crippen LogP) is 1.25. The van der Waals surface area contributed by atoms with Crippen molar-refractivity contribution < 1.29 is 23.9 Å². The number of carbonyl (C=O) groups excluding carboxylic acids is 4. The lowest BCUT2D eigenvalue weighted by atomic mass is 10.0. The van der Waals surface area contributed by atoms with Gasteiger partial charge in [0.05, 0.1) is 12.1 Å². The lowest BCUT2D eigenvalue weighted by Crippen LogP contribution is -2.54. The van der Waals surface area contributed by atoms with Gasteiger partial charge in [-0.25, -0.2) is 9.59 Å². The molecule has 0 aliphatic heterocycles. The van der Waals surface area contributed by atoms with Crippen LogP contribution in [0.15, 0.2) is 30.3 Å². The van der Waals surface area contributed by atoms with E-state index in [0.29, 0.717) is 6.42 Å². The molecule has 1 aromatic rings. The second-order valence-corrected chi connectivity index (χ2v) is 7.96. The van der Waals surface area contributed by atoms with E-state index in [-0.39, 0.29) is 37.4 Å². The summed E-state index contributed by atoms with van der Waals surface area (Å²) < 4.78 is 5.12. The number of carbonyl (C=O) groups is 4. The first-order valence-electron chi connectivity index (χ1n) is 10.5. The van der Waals surface area contributed by atoms with E-state index < -0.39 is 29.9 Å². The van der Waals surface area contributed by atoms with Crippen LogP contribution in [0.4, 0.5) is 4.79 Å². The van der Waals surface area contributed by atoms with Gasteiger partial charge in [-0.15, -0.1) is 0 Å². The minimum atomic E-state index is -1.07. The Bertz CT molecular complexity index is 737. The predicted molar refractivity (Wildman–Crippen MR) is 117 cm³/mol. The number of nitrogens with one attached hydrogen (secondary N) is 3. The van der Waals surface area contributed by atoms with Crippen LogP contribution in [0.3, 0.4) is 0 Å². The van der Waals surface area contributed by atoms with Gasteiger partial charge < -0.3 is 26.4 Å². The zero-order valence-corrected chi connectivity index (χ0v) is 18.6. The summed E-state index contributed by atoms with van der Waals surface area (Å²) in [7, 11) is 0. The van der Waals surface area contributed by atoms with Crippen molar-refractivity contribution >= 4 is 23.7 Å². The van der Waals surface area contributed by atoms with Crippen LogP contribution in [0.1, 0.15) is 46.1 Å². The molecule has 9 heteroatoms. The number of esters is 1. The molecule has 9 nitrogen and oxygen atoms in total. The number of nitrogens with two attached hydrogens (primary N) is 1. The summed E-state index contributed by atoms with van der Waals surface area (Å²) in [5.41, 5.74) is 5.79. The Morgan fingerprint density at radius 2 is 1.68 bits per heavy atom. The second-order valence-electron chi connectivity index (χ2n) is 7.96. The molecule has 0 unspecified atom stereocenters. The monoisotopic (exact) mass is 434 g/mol. The highest BCUT2D eigenvalue weighted by Gasteiger charge is 2.31. The Kier molecular flexibility index (Phi) is 11.3. The molecule has 2 atom stereocenters. The van der Waals surface area contributed by atoms with Crippen molar-refractivity contribution in [3.8, 4) is 0 Å². The van der Waals surface area contributed by atoms with Crippen LogP contribution < -0.4 is 21.7 Å². The largest absolute Gasteiger partial charge is 0.455 e. The second kappa shape index (κ2) is 13.4. The third-order valence-electron chi connectivity index (χ3n) is 4.48. The van der Waals surface area contributed by atoms with Crippen molar-refractivity contribution in [1.82, 2.24) is 16.0 Å². The lowest BCUT2D eigenvalue weighted by Gasteiger charge is -2.26. The van der Waals surface area contributed by atoms with Gasteiger partial charge in [0.2, 0.25) is 5.91 Å². The molecule has 172 valence electrons. The van der Waals surface area contributed by atoms with E-state index in [1.54, 1.807) is 24.3 Å². The first kappa shape index (κ1) is 26.1. The Balaban J connectivity index is 2.82. The van der Waals surface area contributed by atoms with Gasteiger partial charge in [-0.05, 0) is 24.3 Å². The average Bonchev–Trinajstić information content (AvgIpc) is 2.71. The topological polar surface area (TPSA) is 140 Å². The van der Waals surface area contributed by atoms with E-state index in [0.717, 1.165) is 5.56 Å². The summed E-state index contributed by atoms with van der Waals surface area (Å²) in [6.45, 7) is 7.79. The van der Waals surface area contributed by atoms with E-state index in [9.17, 15) is 19.2 Å². The van der Waals surface area contributed by atoms with E-state index in [1.165, 1.54) is 0 Å². The fourth-order valence-electron chi connectivity index (χ4n) is 2.91. The number of ether oxygens (including phenoxy) is 1. The van der Waals surface area contributed by atoms with Crippen molar-refractivity contribution in [1.29, 1.82) is 0 Å². The normalized spacial score (nSPS) is 12.8. The number of benzene rings is 1. The van der Waals surface area contributed by atoms with Crippen molar-refractivity contribution in [3.63, 3.8) is 0 Å². The first-order chi connectivity index (χ1) is 14.6. The molecular formula is C22H34N4O5. The maximum Gasteiger partial charge on any atom is 0.377 e. The zero-order chi connectivity index (χ0) is 23.4. The number of ketones is 1. The SMILES string of the molecule is CC(C)N[C@H](C(=O)N[C@@H](CCCNC(N)=O)C(=O)C(=O)OCc1ccccc1)C(C)C. The molecule has 0 aromatic heterocycles. The standard InChI is InChI=1S/C22H34N4O5/c1-14(2)18(25-15(3)4)20(28)26-17(11-8-12-24-22(23)30)19(27)21(29)31-13-16-9-6-5-7-10-16/h5-7,9-10,14-15,17-18,25H,8,11-13H2,1-4H3,(H,26,28)(H3,23,24,30)/t17-,18-/m0/s1. The smallest absolute Gasteiger partial charge is 0.377 e. The third kappa shape index (κ3) is 10.1. The molecule has 0 saturated carbocycles. The molecule has 31 heavy (non-hydrogen) atoms. The highest BCUT2D eigenvalue weighted by atomic mass is 16.5. The minimum Gasteiger partial charge on any atom is -0.455 e. The molecule has 0 spiro atoms. The summed E-state index contributed by atoms with van der Waals surface area (Å²) in [5.74, 6) is -2.26. The summed E-state index contributed by atoms with van der Waals surface area (Å²) in [6, 6.07) is 6.76. The number of hydrogen-bond acceptors (Lipinski definition) is 6. The molecule has 0 radical (unpaired) electrons. The van der Waals surface area contributed by atoms with Gasteiger partial charge in [0.25, 0.3) is 5.78 Å². The molecular weight excluding hydrogens is 400 g/mol. The molecule has 5 N–H and O–H groups in total. The van der Waals surface area contributed by atoms with E-state index >= 15 is 0 Å². The fraction of sp³-hybridized carbons (Fsp3) is 0.545. The van der Waals surface area contributed by atoms with Crippen LogP contribution in [0.2, 0.25) is 0 Å². The first-order valence-corrected chi connectivity index (χ1v) is 10.5. The average molecular weight is 435 g/mol. The van der Waals surface area contributed by atoms with Gasteiger partial charge in [-0.1, -0.05) is 58.0 Å². The number of rotatable bonds is 13. The number of amides is 3. The molecule has 0 heterocycles. The van der Waals surface area contributed by atoms with Crippen LogP contribution in [-0.2, 0) is 25.7 Å². The number of Topliss-reactive ketones (excluding diaryl/α,β-unsaturated/α-hetero) is 1. The highest BCUT2D eigenvalue weighted by Crippen LogP contribution is 2.08.